The lowest BCUT2D eigenvalue weighted by molar-refractivity contribution is -0.139. The molecule has 0 bridgehead atoms. The van der Waals surface area contributed by atoms with Crippen LogP contribution in [0.4, 0.5) is 0 Å². The Labute approximate surface area is 160 Å². The molecular formula is C22H26N4O. The van der Waals surface area contributed by atoms with Crippen LogP contribution in [0.15, 0.2) is 54.6 Å². The molecule has 0 aliphatic carbocycles. The molecule has 4 rings (SSSR count). The molecule has 1 saturated heterocycles. The summed E-state index contributed by atoms with van der Waals surface area (Å²) in [7, 11) is 2.12. The standard InChI is InChI=1S/C22H26N4O/c1-16(26-17(2)23-19-11-7-8-12-20(19)26)22(27)25-14-13-24(3)15-21(25)18-9-5-4-6-10-18/h4-12,16,21H,13-15H2,1-3H3/t16-,21-/m1/s1. The van der Waals surface area contributed by atoms with Crippen LogP contribution in [0, 0.1) is 6.92 Å². The van der Waals surface area contributed by atoms with Gasteiger partial charge in [-0.15, -0.1) is 0 Å². The molecule has 0 saturated carbocycles. The second kappa shape index (κ2) is 7.16. The summed E-state index contributed by atoms with van der Waals surface area (Å²) in [6.45, 7) is 6.45. The largest absolute Gasteiger partial charge is 0.331 e. The molecule has 0 radical (unpaired) electrons. The van der Waals surface area contributed by atoms with Gasteiger partial charge in [0.15, 0.2) is 0 Å². The van der Waals surface area contributed by atoms with Crippen molar-refractivity contribution in [3.63, 3.8) is 0 Å². The zero-order valence-electron chi connectivity index (χ0n) is 16.2. The number of hydrogen-bond acceptors (Lipinski definition) is 3. The van der Waals surface area contributed by atoms with Gasteiger partial charge in [0.25, 0.3) is 0 Å². The van der Waals surface area contributed by atoms with E-state index < -0.39 is 0 Å². The summed E-state index contributed by atoms with van der Waals surface area (Å²) in [5, 5.41) is 0. The molecule has 0 spiro atoms. The summed E-state index contributed by atoms with van der Waals surface area (Å²) in [5.41, 5.74) is 3.14. The molecule has 2 heterocycles. The van der Waals surface area contributed by atoms with Crippen molar-refractivity contribution in [2.24, 2.45) is 0 Å². The Hall–Kier alpha value is -2.66. The number of rotatable bonds is 3. The van der Waals surface area contributed by atoms with Crippen LogP contribution in [0.3, 0.4) is 0 Å². The third kappa shape index (κ3) is 3.23. The lowest BCUT2D eigenvalue weighted by Gasteiger charge is -2.41. The van der Waals surface area contributed by atoms with E-state index in [0.29, 0.717) is 0 Å². The van der Waals surface area contributed by atoms with Crippen molar-refractivity contribution >= 4 is 16.9 Å². The van der Waals surface area contributed by atoms with Gasteiger partial charge < -0.3 is 14.4 Å². The fraction of sp³-hybridized carbons (Fsp3) is 0.364. The molecule has 1 amide bonds. The Balaban J connectivity index is 1.68. The number of carbonyl (C=O) groups excluding carboxylic acids is 1. The zero-order valence-corrected chi connectivity index (χ0v) is 16.2. The molecule has 3 aromatic rings. The summed E-state index contributed by atoms with van der Waals surface area (Å²) >= 11 is 0. The Kier molecular flexibility index (Phi) is 4.70. The maximum Gasteiger partial charge on any atom is 0.246 e. The maximum absolute atomic E-state index is 13.5. The number of carbonyl (C=O) groups is 1. The van der Waals surface area contributed by atoms with E-state index >= 15 is 0 Å². The number of benzene rings is 2. The van der Waals surface area contributed by atoms with Crippen molar-refractivity contribution in [3.8, 4) is 0 Å². The third-order valence-electron chi connectivity index (χ3n) is 5.57. The average Bonchev–Trinajstić information content (AvgIpc) is 3.03. The van der Waals surface area contributed by atoms with Gasteiger partial charge >= 0.3 is 0 Å². The molecule has 1 aliphatic heterocycles. The maximum atomic E-state index is 13.5. The number of piperazine rings is 1. The number of fused-ring (bicyclic) bond motifs is 1. The summed E-state index contributed by atoms with van der Waals surface area (Å²) < 4.78 is 2.07. The molecule has 5 nitrogen and oxygen atoms in total. The van der Waals surface area contributed by atoms with Gasteiger partial charge in [0, 0.05) is 19.6 Å². The number of imidazole rings is 1. The first-order chi connectivity index (χ1) is 13.1. The Morgan fingerprint density at radius 1 is 1.07 bits per heavy atom. The molecule has 1 fully saturated rings. The van der Waals surface area contributed by atoms with Gasteiger partial charge in [0.05, 0.1) is 17.1 Å². The van der Waals surface area contributed by atoms with Gasteiger partial charge in [-0.1, -0.05) is 42.5 Å². The van der Waals surface area contributed by atoms with Crippen molar-refractivity contribution in [2.45, 2.75) is 25.9 Å². The van der Waals surface area contributed by atoms with E-state index in [0.717, 1.165) is 36.5 Å². The van der Waals surface area contributed by atoms with Crippen LogP contribution in [0.5, 0.6) is 0 Å². The summed E-state index contributed by atoms with van der Waals surface area (Å²) in [6.07, 6.45) is 0. The summed E-state index contributed by atoms with van der Waals surface area (Å²) in [4.78, 5) is 22.5. The molecule has 140 valence electrons. The van der Waals surface area contributed by atoms with E-state index in [9.17, 15) is 4.79 Å². The Bertz CT molecular complexity index is 949. The fourth-order valence-electron chi connectivity index (χ4n) is 4.15. The lowest BCUT2D eigenvalue weighted by atomic mass is 10.0. The van der Waals surface area contributed by atoms with E-state index in [4.69, 9.17) is 0 Å². The highest BCUT2D eigenvalue weighted by atomic mass is 16.2. The first-order valence-corrected chi connectivity index (χ1v) is 9.54. The monoisotopic (exact) mass is 362 g/mol. The molecule has 1 aliphatic rings. The summed E-state index contributed by atoms with van der Waals surface area (Å²) in [6, 6.07) is 18.2. The van der Waals surface area contributed by atoms with Crippen LogP contribution in [-0.4, -0.2) is 51.9 Å². The molecule has 27 heavy (non-hydrogen) atoms. The average molecular weight is 362 g/mol. The van der Waals surface area contributed by atoms with E-state index in [1.807, 2.05) is 61.2 Å². The number of likely N-dealkylation sites (N-methyl/N-ethyl adjacent to an activating group) is 1. The highest BCUT2D eigenvalue weighted by molar-refractivity contribution is 5.84. The number of nitrogens with zero attached hydrogens (tertiary/aromatic N) is 4. The quantitative estimate of drug-likeness (QED) is 0.717. The van der Waals surface area contributed by atoms with Crippen molar-refractivity contribution in [2.75, 3.05) is 26.7 Å². The van der Waals surface area contributed by atoms with Crippen LogP contribution >= 0.6 is 0 Å². The van der Waals surface area contributed by atoms with Crippen LogP contribution in [0.25, 0.3) is 11.0 Å². The second-order valence-corrected chi connectivity index (χ2v) is 7.41. The Morgan fingerprint density at radius 3 is 2.56 bits per heavy atom. The van der Waals surface area contributed by atoms with Crippen LogP contribution in [0.1, 0.15) is 30.4 Å². The minimum atomic E-state index is -0.285. The van der Waals surface area contributed by atoms with Crippen LogP contribution in [0.2, 0.25) is 0 Å². The number of amides is 1. The van der Waals surface area contributed by atoms with Gasteiger partial charge in [-0.2, -0.15) is 0 Å². The van der Waals surface area contributed by atoms with E-state index in [1.165, 1.54) is 5.56 Å². The zero-order chi connectivity index (χ0) is 19.0. The molecule has 5 heteroatoms. The molecule has 2 aromatic carbocycles. The molecule has 0 N–H and O–H groups in total. The van der Waals surface area contributed by atoms with Crippen molar-refractivity contribution in [1.82, 2.24) is 19.4 Å². The lowest BCUT2D eigenvalue weighted by Crippen LogP contribution is -2.51. The highest BCUT2D eigenvalue weighted by Gasteiger charge is 2.33. The SMILES string of the molecule is Cc1nc2ccccc2n1[C@H](C)C(=O)N1CCN(C)C[C@@H]1c1ccccc1. The fourth-order valence-corrected chi connectivity index (χ4v) is 4.15. The topological polar surface area (TPSA) is 41.4 Å². The van der Waals surface area contributed by atoms with Gasteiger partial charge in [0.2, 0.25) is 5.91 Å². The predicted molar refractivity (Wildman–Crippen MR) is 108 cm³/mol. The van der Waals surface area contributed by atoms with Gasteiger partial charge in [-0.25, -0.2) is 4.98 Å². The van der Waals surface area contributed by atoms with Gasteiger partial charge in [-0.05, 0) is 38.6 Å². The first-order valence-electron chi connectivity index (χ1n) is 9.54. The highest BCUT2D eigenvalue weighted by Crippen LogP contribution is 2.29. The molecule has 1 aromatic heterocycles. The van der Waals surface area contributed by atoms with Crippen molar-refractivity contribution in [1.29, 1.82) is 0 Å². The number of hydrogen-bond donors (Lipinski definition) is 0. The minimum Gasteiger partial charge on any atom is -0.331 e. The number of aryl methyl sites for hydroxylation is 1. The van der Waals surface area contributed by atoms with Crippen molar-refractivity contribution in [3.05, 3.63) is 66.0 Å². The van der Waals surface area contributed by atoms with Crippen LogP contribution < -0.4 is 0 Å². The molecular weight excluding hydrogens is 336 g/mol. The normalized spacial score (nSPS) is 19.4. The second-order valence-electron chi connectivity index (χ2n) is 7.41. The third-order valence-corrected chi connectivity index (χ3v) is 5.57. The van der Waals surface area contributed by atoms with Crippen LogP contribution in [-0.2, 0) is 4.79 Å². The summed E-state index contributed by atoms with van der Waals surface area (Å²) in [5.74, 6) is 1.03. The number of aromatic nitrogens is 2. The van der Waals surface area contributed by atoms with Gasteiger partial charge in [0.1, 0.15) is 11.9 Å². The molecule has 0 unspecified atom stereocenters. The molecule has 2 atom stereocenters. The van der Waals surface area contributed by atoms with E-state index in [2.05, 4.69) is 33.6 Å². The Morgan fingerprint density at radius 2 is 1.78 bits per heavy atom. The smallest absolute Gasteiger partial charge is 0.246 e. The van der Waals surface area contributed by atoms with Gasteiger partial charge in [-0.3, -0.25) is 4.79 Å². The first kappa shape index (κ1) is 17.7. The van der Waals surface area contributed by atoms with Crippen molar-refractivity contribution < 1.29 is 4.79 Å². The number of para-hydroxylation sites is 2. The van der Waals surface area contributed by atoms with E-state index in [-0.39, 0.29) is 18.0 Å². The predicted octanol–water partition coefficient (Wildman–Crippen LogP) is 3.42. The van der Waals surface area contributed by atoms with E-state index in [1.54, 1.807) is 0 Å². The minimum absolute atomic E-state index is 0.0787.